The molecule has 24 aromatic rings. The summed E-state index contributed by atoms with van der Waals surface area (Å²) in [5.74, 6) is 2.97. The van der Waals surface area contributed by atoms with Crippen LogP contribution in [-0.4, -0.2) is 43.2 Å². The maximum Gasteiger partial charge on any atom is 0.233 e. The van der Waals surface area contributed by atoms with Crippen molar-refractivity contribution >= 4 is 162 Å². The molecule has 0 radical (unpaired) electrons. The van der Waals surface area contributed by atoms with Gasteiger partial charge in [0.05, 0.1) is 54.9 Å². The van der Waals surface area contributed by atoms with Gasteiger partial charge in [-0.2, -0.15) is 4.98 Å². The quantitative estimate of drug-likeness (QED) is 0.150. The lowest BCUT2D eigenvalue weighted by Crippen LogP contribution is -2.02. The van der Waals surface area contributed by atoms with E-state index in [0.29, 0.717) is 17.4 Å². The second kappa shape index (κ2) is 24.5. The average Bonchev–Trinajstić information content (AvgIpc) is 1.56. The summed E-state index contributed by atoms with van der Waals surface area (Å²) in [6.45, 7) is 0. The lowest BCUT2D eigenvalue weighted by atomic mass is 10.0. The molecule has 9 aromatic heterocycles. The van der Waals surface area contributed by atoms with Crippen LogP contribution >= 0.6 is 11.3 Å². The van der Waals surface area contributed by atoms with Gasteiger partial charge in [-0.25, -0.2) is 15.0 Å². The van der Waals surface area contributed by atoms with E-state index in [1.54, 1.807) is 11.3 Å². The van der Waals surface area contributed by atoms with Crippen LogP contribution in [0.25, 0.3) is 219 Å². The summed E-state index contributed by atoms with van der Waals surface area (Å²) >= 11 is 1.73. The van der Waals surface area contributed by atoms with E-state index in [1.165, 1.54) is 69.5 Å². The van der Waals surface area contributed by atoms with Crippen molar-refractivity contribution < 1.29 is 4.42 Å². The third-order valence-electron chi connectivity index (χ3n) is 22.1. The largest absolute Gasteiger partial charge is 0.437 e. The van der Waals surface area contributed by atoms with Crippen molar-refractivity contribution in [3.8, 4) is 68.0 Å². The highest BCUT2D eigenvalue weighted by atomic mass is 32.1. The van der Waals surface area contributed by atoms with E-state index in [-0.39, 0.29) is 0 Å². The fourth-order valence-corrected chi connectivity index (χ4v) is 18.2. The van der Waals surface area contributed by atoms with Crippen LogP contribution in [0.15, 0.2) is 363 Å². The number of rotatable bonds is 8. The molecular formula is C99H59N9OS. The van der Waals surface area contributed by atoms with Gasteiger partial charge >= 0.3 is 0 Å². The lowest BCUT2D eigenvalue weighted by Gasteiger charge is -2.12. The fraction of sp³-hybridized carbons (Fsp3) is 0. The minimum absolute atomic E-state index is 0.554. The number of para-hydroxylation sites is 6. The lowest BCUT2D eigenvalue weighted by molar-refractivity contribution is 0.653. The first kappa shape index (κ1) is 61.6. The second-order valence-electron chi connectivity index (χ2n) is 28.3. The van der Waals surface area contributed by atoms with E-state index in [4.69, 9.17) is 24.4 Å². The molecule has 15 aromatic carbocycles. The van der Waals surface area contributed by atoms with Crippen molar-refractivity contribution in [1.29, 1.82) is 0 Å². The Balaban J connectivity index is 0.000000132. The summed E-state index contributed by atoms with van der Waals surface area (Å²) in [7, 11) is 0. The smallest absolute Gasteiger partial charge is 0.233 e. The van der Waals surface area contributed by atoms with Crippen molar-refractivity contribution in [2.45, 2.75) is 0 Å². The van der Waals surface area contributed by atoms with Crippen molar-refractivity contribution in [3.63, 3.8) is 0 Å². The highest BCUT2D eigenvalue weighted by molar-refractivity contribution is 7.25. The Hall–Kier alpha value is -14.7. The van der Waals surface area contributed by atoms with Gasteiger partial charge in [-0.3, -0.25) is 14.1 Å². The summed E-state index contributed by atoms with van der Waals surface area (Å²) < 4.78 is 17.2. The van der Waals surface area contributed by atoms with E-state index >= 15 is 0 Å². The van der Waals surface area contributed by atoms with Crippen LogP contribution < -0.4 is 0 Å². The molecule has 110 heavy (non-hydrogen) atoms. The number of hydrogen-bond acceptors (Lipinski definition) is 7. The summed E-state index contributed by atoms with van der Waals surface area (Å²) in [6.07, 6.45) is 3.70. The Morgan fingerprint density at radius 2 is 0.655 bits per heavy atom. The maximum atomic E-state index is 6.69. The van der Waals surface area contributed by atoms with Gasteiger partial charge in [-0.05, 0) is 171 Å². The Labute approximate surface area is 632 Å². The number of pyridine rings is 1. The standard InChI is InChI=1S/C50H30N4O.C49H29N5S/c1-3-13-31(14-4-1)34-24-26-46-41(28-34)47-49(54-43-22-12-10-20-38(43)40-27-32-15-7-8-16-33(32)30-45(40)54)51-48(52-50(47)55-46)35-23-25-44-39(29-35)37-19-9-11-21-42(37)53(44)36-17-5-2-6-18-36;1-2-12-35(13-3-1)53-41-16-8-6-14-36(41)38-20-19-34(28-43(38)53)47-51-48(46-39-21-18-33(30-22-24-50-25-23-30)29-45(39)55-49(46)52-47)54-42-17-9-7-15-37(42)40-26-31-10-4-5-11-32(31)27-44(40)54/h1-30H;1-29H. The first-order valence-electron chi connectivity index (χ1n) is 37.0. The van der Waals surface area contributed by atoms with Gasteiger partial charge in [0.1, 0.15) is 10.4 Å². The van der Waals surface area contributed by atoms with Gasteiger partial charge in [0, 0.05) is 93.5 Å². The molecule has 0 saturated carbocycles. The van der Waals surface area contributed by atoms with Gasteiger partial charge in [0.15, 0.2) is 23.3 Å². The predicted octanol–water partition coefficient (Wildman–Crippen LogP) is 26.0. The van der Waals surface area contributed by atoms with E-state index < -0.39 is 0 Å². The van der Waals surface area contributed by atoms with Crippen LogP contribution in [0.4, 0.5) is 0 Å². The third-order valence-corrected chi connectivity index (χ3v) is 23.2. The van der Waals surface area contributed by atoms with E-state index in [1.807, 2.05) is 18.5 Å². The molecule has 0 aliphatic heterocycles. The van der Waals surface area contributed by atoms with E-state index in [0.717, 1.165) is 132 Å². The molecule has 11 heteroatoms. The van der Waals surface area contributed by atoms with Crippen LogP contribution in [0.1, 0.15) is 0 Å². The maximum absolute atomic E-state index is 6.69. The zero-order valence-corrected chi connectivity index (χ0v) is 59.7. The van der Waals surface area contributed by atoms with Gasteiger partial charge in [0.25, 0.3) is 0 Å². The molecular weight excluding hydrogens is 1360 g/mol. The Bertz CT molecular complexity index is 7900. The number of hydrogen-bond donors (Lipinski definition) is 0. The minimum Gasteiger partial charge on any atom is -0.437 e. The van der Waals surface area contributed by atoms with Gasteiger partial charge in [0.2, 0.25) is 5.71 Å². The van der Waals surface area contributed by atoms with Crippen molar-refractivity contribution in [2.75, 3.05) is 0 Å². The van der Waals surface area contributed by atoms with Crippen molar-refractivity contribution in [3.05, 3.63) is 358 Å². The highest BCUT2D eigenvalue weighted by Gasteiger charge is 2.27. The van der Waals surface area contributed by atoms with Gasteiger partial charge < -0.3 is 13.6 Å². The fourth-order valence-electron chi connectivity index (χ4n) is 17.1. The summed E-state index contributed by atoms with van der Waals surface area (Å²) in [5, 5.41) is 18.3. The molecule has 0 spiro atoms. The molecule has 0 fully saturated rings. The van der Waals surface area contributed by atoms with Gasteiger partial charge in [-0.1, -0.05) is 218 Å². The number of nitrogens with zero attached hydrogens (tertiary/aromatic N) is 9. The number of fused-ring (bicyclic) bond motifs is 20. The monoisotopic (exact) mass is 1420 g/mol. The normalized spacial score (nSPS) is 12.0. The molecule has 0 bridgehead atoms. The molecule has 512 valence electrons. The molecule has 0 N–H and O–H groups in total. The summed E-state index contributed by atoms with van der Waals surface area (Å²) in [5.41, 5.74) is 19.0. The number of thiophene rings is 1. The predicted molar refractivity (Wildman–Crippen MR) is 456 cm³/mol. The number of furan rings is 1. The zero-order chi connectivity index (χ0) is 72.1. The Kier molecular flexibility index (Phi) is 13.7. The third kappa shape index (κ3) is 9.64. The molecule has 0 amide bonds. The summed E-state index contributed by atoms with van der Waals surface area (Å²) in [6, 6.07) is 123. The molecule has 0 aliphatic carbocycles. The Morgan fingerprint density at radius 1 is 0.245 bits per heavy atom. The molecule has 0 unspecified atom stereocenters. The second-order valence-corrected chi connectivity index (χ2v) is 29.3. The molecule has 0 aliphatic rings. The topological polar surface area (TPSA) is 97.3 Å². The molecule has 10 nitrogen and oxygen atoms in total. The molecule has 0 saturated heterocycles. The first-order valence-corrected chi connectivity index (χ1v) is 37.8. The van der Waals surface area contributed by atoms with Crippen LogP contribution in [0, 0.1) is 0 Å². The van der Waals surface area contributed by atoms with Crippen LogP contribution in [0.3, 0.4) is 0 Å². The van der Waals surface area contributed by atoms with Crippen LogP contribution in [-0.2, 0) is 0 Å². The molecule has 24 rings (SSSR count). The highest BCUT2D eigenvalue weighted by Crippen LogP contribution is 2.46. The van der Waals surface area contributed by atoms with E-state index in [2.05, 4.69) is 363 Å². The zero-order valence-electron chi connectivity index (χ0n) is 58.9. The molecule has 0 atom stereocenters. The minimum atomic E-state index is 0.554. The van der Waals surface area contributed by atoms with E-state index in [9.17, 15) is 0 Å². The average molecular weight is 1420 g/mol. The van der Waals surface area contributed by atoms with Crippen molar-refractivity contribution in [1.82, 2.24) is 43.2 Å². The van der Waals surface area contributed by atoms with Crippen LogP contribution in [0.2, 0.25) is 0 Å². The number of benzene rings is 15. The van der Waals surface area contributed by atoms with Crippen molar-refractivity contribution in [2.24, 2.45) is 0 Å². The van der Waals surface area contributed by atoms with Gasteiger partial charge in [-0.15, -0.1) is 11.3 Å². The number of aromatic nitrogens is 9. The Morgan fingerprint density at radius 3 is 1.26 bits per heavy atom. The molecule has 9 heterocycles. The summed E-state index contributed by atoms with van der Waals surface area (Å²) in [4.78, 5) is 27.0. The van der Waals surface area contributed by atoms with Crippen LogP contribution in [0.5, 0.6) is 0 Å². The SMILES string of the molecule is c1ccc(-c2ccc3oc4nc(-c5ccc6c(c5)c5ccccc5n6-c5ccccc5)nc(-n5c6ccccc6c6cc7ccccc7cc65)c4c3c2)cc1.c1ccc(-n2c3ccccc3c3ccc(-c4nc(-n5c6ccccc6c6cc7ccccc7cc65)c5c(n4)sc4cc(-c6ccncc6)ccc45)cc32)cc1. The first-order chi connectivity index (χ1) is 54.5.